The number of aliphatic carboxylic acids is 1. The molecule has 2 N–H and O–H groups in total. The summed E-state index contributed by atoms with van der Waals surface area (Å²) in [6.07, 6.45) is 8.32. The van der Waals surface area contributed by atoms with E-state index in [2.05, 4.69) is 5.32 Å². The third-order valence-corrected chi connectivity index (χ3v) is 4.18. The van der Waals surface area contributed by atoms with Crippen LogP contribution in [0.3, 0.4) is 0 Å². The number of amides is 1. The molecular formula is C19H28N2O5. The second-order valence-electron chi connectivity index (χ2n) is 6.38. The predicted octanol–water partition coefficient (Wildman–Crippen LogP) is 3.85. The molecule has 0 saturated carbocycles. The number of rotatable bonds is 14. The van der Waals surface area contributed by atoms with Gasteiger partial charge in [-0.25, -0.2) is 0 Å². The number of nitrogens with one attached hydrogen (secondary N) is 1. The summed E-state index contributed by atoms with van der Waals surface area (Å²) in [5.41, 5.74) is 0.406. The first-order valence-electron chi connectivity index (χ1n) is 9.21. The summed E-state index contributed by atoms with van der Waals surface area (Å²) in [6, 6.07) is 6.29. The number of unbranched alkanes of at least 4 members (excludes halogenated alkanes) is 7. The molecule has 0 aliphatic heterocycles. The fourth-order valence-corrected chi connectivity index (χ4v) is 2.76. The van der Waals surface area contributed by atoms with Gasteiger partial charge >= 0.3 is 5.97 Å². The highest BCUT2D eigenvalue weighted by Gasteiger charge is 2.14. The van der Waals surface area contributed by atoms with Gasteiger partial charge in [-0.2, -0.15) is 0 Å². The number of para-hydroxylation sites is 1. The first kappa shape index (κ1) is 21.6. The molecule has 0 bridgehead atoms. The molecule has 144 valence electrons. The fraction of sp³-hybridized carbons (Fsp3) is 0.579. The molecule has 26 heavy (non-hydrogen) atoms. The largest absolute Gasteiger partial charge is 0.481 e. The normalized spacial score (nSPS) is 10.5. The Hall–Kier alpha value is -2.44. The summed E-state index contributed by atoms with van der Waals surface area (Å²) < 4.78 is 0. The van der Waals surface area contributed by atoms with Crippen molar-refractivity contribution in [1.29, 1.82) is 0 Å². The molecule has 1 rings (SSSR count). The highest BCUT2D eigenvalue weighted by molar-refractivity contribution is 5.79. The lowest BCUT2D eigenvalue weighted by Gasteiger charge is -2.06. The first-order chi connectivity index (χ1) is 12.5. The number of benzene rings is 1. The van der Waals surface area contributed by atoms with Crippen molar-refractivity contribution in [3.8, 4) is 0 Å². The summed E-state index contributed by atoms with van der Waals surface area (Å²) in [4.78, 5) is 32.7. The van der Waals surface area contributed by atoms with Crippen molar-refractivity contribution in [1.82, 2.24) is 5.32 Å². The van der Waals surface area contributed by atoms with E-state index in [0.29, 0.717) is 12.1 Å². The van der Waals surface area contributed by atoms with Crippen LogP contribution in [0.15, 0.2) is 24.3 Å². The zero-order valence-corrected chi connectivity index (χ0v) is 15.1. The van der Waals surface area contributed by atoms with Gasteiger partial charge in [0.25, 0.3) is 5.69 Å². The van der Waals surface area contributed by atoms with Gasteiger partial charge in [0.1, 0.15) is 0 Å². The lowest BCUT2D eigenvalue weighted by atomic mass is 10.1. The van der Waals surface area contributed by atoms with Crippen LogP contribution in [0.1, 0.15) is 63.4 Å². The molecule has 0 aromatic heterocycles. The van der Waals surface area contributed by atoms with E-state index in [4.69, 9.17) is 5.11 Å². The minimum atomic E-state index is -0.728. The molecule has 0 fully saturated rings. The second kappa shape index (κ2) is 12.9. The van der Waals surface area contributed by atoms with E-state index in [1.807, 2.05) is 0 Å². The predicted molar refractivity (Wildman–Crippen MR) is 99.0 cm³/mol. The third kappa shape index (κ3) is 9.76. The van der Waals surface area contributed by atoms with Crippen LogP contribution in [0.5, 0.6) is 0 Å². The van der Waals surface area contributed by atoms with Crippen molar-refractivity contribution in [3.63, 3.8) is 0 Å². The van der Waals surface area contributed by atoms with E-state index in [0.717, 1.165) is 51.4 Å². The van der Waals surface area contributed by atoms with Crippen molar-refractivity contribution >= 4 is 17.6 Å². The van der Waals surface area contributed by atoms with Crippen molar-refractivity contribution in [2.75, 3.05) is 6.54 Å². The number of carbonyl (C=O) groups is 2. The molecule has 0 radical (unpaired) electrons. The molecule has 0 heterocycles. The average Bonchev–Trinajstić information content (AvgIpc) is 2.59. The zero-order chi connectivity index (χ0) is 19.2. The number of carboxylic acids is 1. The maximum absolute atomic E-state index is 11.9. The molecular weight excluding hydrogens is 336 g/mol. The van der Waals surface area contributed by atoms with Gasteiger partial charge in [0.2, 0.25) is 5.91 Å². The Morgan fingerprint density at radius 3 is 2.15 bits per heavy atom. The molecule has 0 saturated heterocycles. The van der Waals surface area contributed by atoms with Gasteiger partial charge < -0.3 is 10.4 Å². The quantitative estimate of drug-likeness (QED) is 0.296. The van der Waals surface area contributed by atoms with Gasteiger partial charge in [0.15, 0.2) is 0 Å². The highest BCUT2D eigenvalue weighted by Crippen LogP contribution is 2.18. The van der Waals surface area contributed by atoms with Crippen LogP contribution in [0.25, 0.3) is 0 Å². The molecule has 0 atom stereocenters. The monoisotopic (exact) mass is 364 g/mol. The molecule has 7 nitrogen and oxygen atoms in total. The summed E-state index contributed by atoms with van der Waals surface area (Å²) in [7, 11) is 0. The number of nitro benzene ring substituents is 1. The molecule has 1 aromatic carbocycles. The second-order valence-corrected chi connectivity index (χ2v) is 6.38. The Morgan fingerprint density at radius 2 is 1.54 bits per heavy atom. The van der Waals surface area contributed by atoms with Crippen LogP contribution < -0.4 is 5.32 Å². The van der Waals surface area contributed by atoms with Gasteiger partial charge in [-0.3, -0.25) is 19.7 Å². The van der Waals surface area contributed by atoms with E-state index < -0.39 is 10.9 Å². The fourth-order valence-electron chi connectivity index (χ4n) is 2.76. The highest BCUT2D eigenvalue weighted by atomic mass is 16.6. The Morgan fingerprint density at radius 1 is 0.962 bits per heavy atom. The van der Waals surface area contributed by atoms with E-state index >= 15 is 0 Å². The lowest BCUT2D eigenvalue weighted by molar-refractivity contribution is -0.385. The van der Waals surface area contributed by atoms with Gasteiger partial charge in [-0.1, -0.05) is 56.7 Å². The van der Waals surface area contributed by atoms with Gasteiger partial charge in [0.05, 0.1) is 11.3 Å². The van der Waals surface area contributed by atoms with Crippen LogP contribution >= 0.6 is 0 Å². The van der Waals surface area contributed by atoms with Crippen LogP contribution in [0, 0.1) is 10.1 Å². The Balaban J connectivity index is 2.04. The minimum absolute atomic E-state index is 0.0213. The molecule has 0 aliphatic carbocycles. The Bertz CT molecular complexity index is 589. The number of nitrogens with zero attached hydrogens (tertiary/aromatic N) is 1. The summed E-state index contributed by atoms with van der Waals surface area (Å²) in [6.45, 7) is 0.581. The summed E-state index contributed by atoms with van der Waals surface area (Å²) in [5.74, 6) is -0.924. The number of carbonyl (C=O) groups excluding carboxylic acids is 1. The standard InChI is InChI=1S/C19H28N2O5/c22-18(15-16-11-8-9-12-17(16)21(25)26)20-14-10-6-4-2-1-3-5-7-13-19(23)24/h8-9,11-12H,1-7,10,13-15H2,(H,20,22)(H,23,24). The van der Waals surface area contributed by atoms with Crippen LogP contribution in [-0.4, -0.2) is 28.5 Å². The van der Waals surface area contributed by atoms with Gasteiger partial charge in [-0.15, -0.1) is 0 Å². The van der Waals surface area contributed by atoms with Crippen molar-refractivity contribution in [3.05, 3.63) is 39.9 Å². The average molecular weight is 364 g/mol. The van der Waals surface area contributed by atoms with Crippen molar-refractivity contribution in [2.45, 2.75) is 64.2 Å². The number of nitro groups is 1. The van der Waals surface area contributed by atoms with E-state index in [1.165, 1.54) is 6.07 Å². The SMILES string of the molecule is O=C(O)CCCCCCCCCCNC(=O)Cc1ccccc1[N+](=O)[O-]. The minimum Gasteiger partial charge on any atom is -0.481 e. The molecule has 0 unspecified atom stereocenters. The van der Waals surface area contributed by atoms with Crippen molar-refractivity contribution < 1.29 is 19.6 Å². The summed E-state index contributed by atoms with van der Waals surface area (Å²) >= 11 is 0. The maximum atomic E-state index is 11.9. The van der Waals surface area contributed by atoms with Gasteiger partial charge in [-0.05, 0) is 12.8 Å². The number of hydrogen-bond acceptors (Lipinski definition) is 4. The van der Waals surface area contributed by atoms with Crippen molar-refractivity contribution in [2.24, 2.45) is 0 Å². The summed E-state index contributed by atoms with van der Waals surface area (Å²) in [5, 5.41) is 22.3. The third-order valence-electron chi connectivity index (χ3n) is 4.18. The molecule has 0 spiro atoms. The molecule has 7 heteroatoms. The zero-order valence-electron chi connectivity index (χ0n) is 15.1. The van der Waals surface area contributed by atoms with E-state index in [-0.39, 0.29) is 24.4 Å². The molecule has 1 amide bonds. The lowest BCUT2D eigenvalue weighted by Crippen LogP contribution is -2.26. The topological polar surface area (TPSA) is 110 Å². The van der Waals surface area contributed by atoms with Gasteiger partial charge in [0, 0.05) is 24.6 Å². The number of carboxylic acid groups (broad SMARTS) is 1. The first-order valence-corrected chi connectivity index (χ1v) is 9.21. The smallest absolute Gasteiger partial charge is 0.303 e. The number of hydrogen-bond donors (Lipinski definition) is 2. The van der Waals surface area contributed by atoms with Crippen LogP contribution in [-0.2, 0) is 16.0 Å². The van der Waals surface area contributed by atoms with Crippen LogP contribution in [0.2, 0.25) is 0 Å². The Labute approximate surface area is 153 Å². The van der Waals surface area contributed by atoms with Crippen LogP contribution in [0.4, 0.5) is 5.69 Å². The van der Waals surface area contributed by atoms with E-state index in [9.17, 15) is 19.7 Å². The Kier molecular flexibility index (Phi) is 10.7. The van der Waals surface area contributed by atoms with E-state index in [1.54, 1.807) is 18.2 Å². The molecule has 1 aromatic rings. The molecule has 0 aliphatic rings. The maximum Gasteiger partial charge on any atom is 0.303 e.